The van der Waals surface area contributed by atoms with Crippen LogP contribution in [-0.2, 0) is 25.7 Å². The van der Waals surface area contributed by atoms with Crippen molar-refractivity contribution in [3.8, 4) is 84.3 Å². The van der Waals surface area contributed by atoms with Crippen LogP contribution in [0.25, 0.3) is 78.3 Å². The number of aryl methyl sites for hydroxylation is 6. The maximum atomic E-state index is 9.47. The van der Waals surface area contributed by atoms with Crippen molar-refractivity contribution in [2.45, 2.75) is 39.5 Å². The lowest BCUT2D eigenvalue weighted by molar-refractivity contribution is 0.931. The SMILES string of the molecule is Cc1cc(-c2cc(-c3ccccn3)ccc2-c2ccccc2-c2cc(CCc3ccc(-c4ccccn4)cc3)cc(CCc3ccc(-c4ccccn4)cc3)c2)cc(C)c1-c1ccc(C#N)cc1. The Kier molecular flexibility index (Phi) is 12.7. The first-order chi connectivity index (χ1) is 33.5. The zero-order valence-electron chi connectivity index (χ0n) is 38.4. The van der Waals surface area contributed by atoms with Gasteiger partial charge in [0.25, 0.3) is 0 Å². The summed E-state index contributed by atoms with van der Waals surface area (Å²) in [6, 6.07) is 73.7. The number of benzene rings is 7. The maximum absolute atomic E-state index is 9.47. The first-order valence-electron chi connectivity index (χ1n) is 23.4. The average Bonchev–Trinajstić information content (AvgIpc) is 3.40. The number of nitrogens with zero attached hydrogens (tertiary/aromatic N) is 4. The van der Waals surface area contributed by atoms with E-state index in [1.807, 2.05) is 67.1 Å². The zero-order valence-corrected chi connectivity index (χ0v) is 38.4. The molecule has 4 heteroatoms. The molecule has 0 aliphatic rings. The normalized spacial score (nSPS) is 11.0. The Morgan fingerprint density at radius 3 is 1.26 bits per heavy atom. The number of rotatable bonds is 13. The molecule has 3 aromatic heterocycles. The highest BCUT2D eigenvalue weighted by molar-refractivity contribution is 5.94. The molecule has 0 aliphatic carbocycles. The van der Waals surface area contributed by atoms with Crippen LogP contribution in [0.3, 0.4) is 0 Å². The molecule has 0 amide bonds. The van der Waals surface area contributed by atoms with Gasteiger partial charge in [-0.3, -0.25) is 15.0 Å². The van der Waals surface area contributed by atoms with Crippen molar-refractivity contribution in [2.24, 2.45) is 0 Å². The number of pyridine rings is 3. The Morgan fingerprint density at radius 2 is 0.765 bits per heavy atom. The van der Waals surface area contributed by atoms with Crippen LogP contribution >= 0.6 is 0 Å². The van der Waals surface area contributed by atoms with E-state index in [9.17, 15) is 5.26 Å². The molecule has 326 valence electrons. The van der Waals surface area contributed by atoms with Crippen molar-refractivity contribution >= 4 is 0 Å². The van der Waals surface area contributed by atoms with Crippen LogP contribution in [0.2, 0.25) is 0 Å². The van der Waals surface area contributed by atoms with E-state index in [4.69, 9.17) is 4.98 Å². The van der Waals surface area contributed by atoms with Crippen molar-refractivity contribution in [1.82, 2.24) is 15.0 Å². The van der Waals surface area contributed by atoms with Gasteiger partial charge in [-0.2, -0.15) is 5.26 Å². The van der Waals surface area contributed by atoms with Gasteiger partial charge in [0.05, 0.1) is 28.7 Å². The molecular formula is C64H50N4. The summed E-state index contributed by atoms with van der Waals surface area (Å²) in [5, 5.41) is 9.47. The van der Waals surface area contributed by atoms with Crippen LogP contribution in [0.5, 0.6) is 0 Å². The van der Waals surface area contributed by atoms with Gasteiger partial charge < -0.3 is 0 Å². The minimum atomic E-state index is 0.659. The topological polar surface area (TPSA) is 62.5 Å². The van der Waals surface area contributed by atoms with Crippen LogP contribution in [0, 0.1) is 25.2 Å². The zero-order chi connectivity index (χ0) is 46.2. The van der Waals surface area contributed by atoms with E-state index in [0.29, 0.717) is 5.56 Å². The third kappa shape index (κ3) is 9.70. The third-order valence-corrected chi connectivity index (χ3v) is 12.9. The molecule has 0 saturated carbocycles. The van der Waals surface area contributed by atoms with Crippen molar-refractivity contribution in [3.63, 3.8) is 0 Å². The molecule has 0 radical (unpaired) electrons. The van der Waals surface area contributed by atoms with Crippen LogP contribution in [-0.4, -0.2) is 15.0 Å². The van der Waals surface area contributed by atoms with Crippen molar-refractivity contribution in [3.05, 3.63) is 258 Å². The van der Waals surface area contributed by atoms with Crippen LogP contribution < -0.4 is 0 Å². The highest BCUT2D eigenvalue weighted by Crippen LogP contribution is 2.42. The third-order valence-electron chi connectivity index (χ3n) is 12.9. The molecule has 10 aromatic rings. The van der Waals surface area contributed by atoms with Crippen LogP contribution in [0.1, 0.15) is 38.9 Å². The monoisotopic (exact) mass is 874 g/mol. The van der Waals surface area contributed by atoms with Gasteiger partial charge in [0.2, 0.25) is 0 Å². The highest BCUT2D eigenvalue weighted by Gasteiger charge is 2.18. The summed E-state index contributed by atoms with van der Waals surface area (Å²) in [7, 11) is 0. The Balaban J connectivity index is 1.03. The van der Waals surface area contributed by atoms with E-state index in [1.165, 1.54) is 55.6 Å². The largest absolute Gasteiger partial charge is 0.256 e. The van der Waals surface area contributed by atoms with Crippen molar-refractivity contribution in [1.29, 1.82) is 5.26 Å². The van der Waals surface area contributed by atoms with Gasteiger partial charge in [0, 0.05) is 35.3 Å². The predicted molar refractivity (Wildman–Crippen MR) is 280 cm³/mol. The molecule has 68 heavy (non-hydrogen) atoms. The molecule has 4 nitrogen and oxygen atoms in total. The lowest BCUT2D eigenvalue weighted by Gasteiger charge is -2.19. The van der Waals surface area contributed by atoms with E-state index in [0.717, 1.165) is 81.7 Å². The standard InChI is InChI=1S/C64H50N4/c1-44-37-55(38-45(2)64(44)53-30-24-48(43-65)25-31-53)60-42-54(63-15-7-10-36-68-63)32-33-59(60)58-12-4-3-11-57(58)56-40-49(18-16-46-20-26-51(27-21-46)61-13-5-8-34-66-61)39-50(41-56)19-17-47-22-28-52(29-23-47)62-14-6-9-35-67-62/h3-15,20-42H,16-19H2,1-2H3. The Labute approximate surface area is 400 Å². The summed E-state index contributed by atoms with van der Waals surface area (Å²) in [6.07, 6.45) is 9.24. The Hall–Kier alpha value is -8.52. The number of aromatic nitrogens is 3. The summed E-state index contributed by atoms with van der Waals surface area (Å²) < 4.78 is 0. The Morgan fingerprint density at radius 1 is 0.338 bits per heavy atom. The van der Waals surface area contributed by atoms with Gasteiger partial charge in [0.1, 0.15) is 0 Å². The van der Waals surface area contributed by atoms with E-state index in [2.05, 4.69) is 182 Å². The minimum absolute atomic E-state index is 0.659. The quantitative estimate of drug-likeness (QED) is 0.116. The van der Waals surface area contributed by atoms with Gasteiger partial charge in [-0.25, -0.2) is 0 Å². The molecular weight excluding hydrogens is 825 g/mol. The van der Waals surface area contributed by atoms with Gasteiger partial charge in [-0.15, -0.1) is 0 Å². The van der Waals surface area contributed by atoms with Crippen molar-refractivity contribution < 1.29 is 0 Å². The molecule has 0 aliphatic heterocycles. The van der Waals surface area contributed by atoms with Gasteiger partial charge >= 0.3 is 0 Å². The smallest absolute Gasteiger partial charge is 0.0991 e. The average molecular weight is 875 g/mol. The van der Waals surface area contributed by atoms with E-state index < -0.39 is 0 Å². The molecule has 0 saturated heterocycles. The minimum Gasteiger partial charge on any atom is -0.256 e. The molecule has 0 fully saturated rings. The summed E-state index contributed by atoms with van der Waals surface area (Å²) in [5.74, 6) is 0. The van der Waals surface area contributed by atoms with Gasteiger partial charge in [-0.05, 0) is 172 Å². The molecule has 0 unspecified atom stereocenters. The first kappa shape index (κ1) is 43.4. The molecule has 0 bridgehead atoms. The molecule has 7 aromatic carbocycles. The number of hydrogen-bond donors (Lipinski definition) is 0. The van der Waals surface area contributed by atoms with Crippen LogP contribution in [0.4, 0.5) is 0 Å². The molecule has 3 heterocycles. The van der Waals surface area contributed by atoms with E-state index >= 15 is 0 Å². The summed E-state index contributed by atoms with van der Waals surface area (Å²) in [4.78, 5) is 13.9. The number of hydrogen-bond acceptors (Lipinski definition) is 4. The second-order valence-electron chi connectivity index (χ2n) is 17.6. The van der Waals surface area contributed by atoms with Crippen LogP contribution in [0.15, 0.2) is 219 Å². The summed E-state index contributed by atoms with van der Waals surface area (Å²) >= 11 is 0. The van der Waals surface area contributed by atoms with E-state index in [1.54, 1.807) is 0 Å². The predicted octanol–water partition coefficient (Wildman–Crippen LogP) is 15.6. The van der Waals surface area contributed by atoms with Gasteiger partial charge in [0.15, 0.2) is 0 Å². The molecule has 10 rings (SSSR count). The fourth-order valence-corrected chi connectivity index (χ4v) is 9.50. The lowest BCUT2D eigenvalue weighted by atomic mass is 9.85. The molecule has 0 N–H and O–H groups in total. The lowest BCUT2D eigenvalue weighted by Crippen LogP contribution is -1.98. The first-order valence-corrected chi connectivity index (χ1v) is 23.4. The highest BCUT2D eigenvalue weighted by atomic mass is 14.7. The van der Waals surface area contributed by atoms with E-state index in [-0.39, 0.29) is 0 Å². The Bertz CT molecular complexity index is 3240. The van der Waals surface area contributed by atoms with Crippen molar-refractivity contribution in [2.75, 3.05) is 0 Å². The van der Waals surface area contributed by atoms with Gasteiger partial charge in [-0.1, -0.05) is 146 Å². The summed E-state index contributed by atoms with van der Waals surface area (Å²) in [6.45, 7) is 4.38. The molecule has 0 spiro atoms. The molecule has 0 atom stereocenters. The maximum Gasteiger partial charge on any atom is 0.0991 e. The number of nitriles is 1. The second kappa shape index (κ2) is 19.9. The fraction of sp³-hybridized carbons (Fsp3) is 0.0938. The second-order valence-corrected chi connectivity index (χ2v) is 17.6. The summed E-state index contributed by atoms with van der Waals surface area (Å²) in [5.41, 5.74) is 23.9. The fourth-order valence-electron chi connectivity index (χ4n) is 9.50.